The average Bonchev–Trinajstić information content (AvgIpc) is 3.02. The number of hydrogen-bond donors (Lipinski definition) is 1. The zero-order valence-corrected chi connectivity index (χ0v) is 10.6. The Morgan fingerprint density at radius 1 is 1.25 bits per heavy atom. The Balaban J connectivity index is 0.000000606. The van der Waals surface area contributed by atoms with Crippen LogP contribution in [0.25, 0.3) is 0 Å². The first-order valence-electron chi connectivity index (χ1n) is 5.97. The lowest BCUT2D eigenvalue weighted by atomic mass is 9.97. The Labute approximate surface area is 98.1 Å². The third-order valence-electron chi connectivity index (χ3n) is 2.98. The van der Waals surface area contributed by atoms with Gasteiger partial charge in [-0.2, -0.15) is 0 Å². The third kappa shape index (κ3) is 2.43. The van der Waals surface area contributed by atoms with E-state index in [0.29, 0.717) is 0 Å². The van der Waals surface area contributed by atoms with Crippen LogP contribution in [-0.4, -0.2) is 6.41 Å². The van der Waals surface area contributed by atoms with Crippen molar-refractivity contribution in [2.24, 2.45) is 0 Å². The van der Waals surface area contributed by atoms with Crippen LogP contribution in [0.1, 0.15) is 43.4 Å². The summed E-state index contributed by atoms with van der Waals surface area (Å²) in [7, 11) is 0. The molecule has 0 radical (unpaired) electrons. The lowest BCUT2D eigenvalue weighted by Gasteiger charge is -2.17. The van der Waals surface area contributed by atoms with Crippen molar-refractivity contribution in [3.8, 4) is 0 Å². The first-order valence-corrected chi connectivity index (χ1v) is 5.97. The van der Waals surface area contributed by atoms with Crippen LogP contribution < -0.4 is 5.32 Å². The molecule has 0 spiro atoms. The van der Waals surface area contributed by atoms with Crippen LogP contribution in [0.2, 0.25) is 0 Å². The summed E-state index contributed by atoms with van der Waals surface area (Å²) in [6, 6.07) is 6.41. The van der Waals surface area contributed by atoms with Crippen molar-refractivity contribution in [3.63, 3.8) is 0 Å². The van der Waals surface area contributed by atoms with E-state index in [9.17, 15) is 4.79 Å². The van der Waals surface area contributed by atoms with Crippen LogP contribution in [-0.2, 0) is 10.3 Å². The number of rotatable bonds is 3. The van der Waals surface area contributed by atoms with E-state index in [1.807, 2.05) is 13.8 Å². The summed E-state index contributed by atoms with van der Waals surface area (Å²) in [5.41, 5.74) is 3.78. The van der Waals surface area contributed by atoms with Gasteiger partial charge in [-0.1, -0.05) is 37.6 Å². The molecule has 1 N–H and O–H groups in total. The fraction of sp³-hybridized carbons (Fsp3) is 0.500. The fourth-order valence-electron chi connectivity index (χ4n) is 2.08. The Kier molecular flexibility index (Phi) is 4.11. The first-order chi connectivity index (χ1) is 7.68. The van der Waals surface area contributed by atoms with Crippen LogP contribution in [0.3, 0.4) is 0 Å². The van der Waals surface area contributed by atoms with E-state index in [-0.39, 0.29) is 5.54 Å². The van der Waals surface area contributed by atoms with E-state index in [2.05, 4.69) is 37.4 Å². The molecule has 0 saturated heterocycles. The summed E-state index contributed by atoms with van der Waals surface area (Å²) in [5, 5.41) is 2.93. The summed E-state index contributed by atoms with van der Waals surface area (Å²) in [6.07, 6.45) is 2.94. The second-order valence-electron chi connectivity index (χ2n) is 4.16. The predicted octanol–water partition coefficient (Wildman–Crippen LogP) is 3.06. The molecule has 0 atom stereocenters. The Hall–Kier alpha value is -1.31. The summed E-state index contributed by atoms with van der Waals surface area (Å²) in [6.45, 7) is 8.19. The average molecular weight is 219 g/mol. The number of carbonyl (C=O) groups is 1. The molecule has 1 aliphatic rings. The van der Waals surface area contributed by atoms with Gasteiger partial charge in [0.15, 0.2) is 0 Å². The van der Waals surface area contributed by atoms with Crippen LogP contribution in [0.15, 0.2) is 18.2 Å². The van der Waals surface area contributed by atoms with E-state index in [4.69, 9.17) is 0 Å². The Morgan fingerprint density at radius 3 is 2.31 bits per heavy atom. The van der Waals surface area contributed by atoms with Crippen molar-refractivity contribution in [2.45, 2.75) is 46.1 Å². The molecule has 0 unspecified atom stereocenters. The van der Waals surface area contributed by atoms with Gasteiger partial charge in [-0.15, -0.1) is 0 Å². The Morgan fingerprint density at radius 2 is 1.88 bits per heavy atom. The molecule has 1 aromatic rings. The zero-order chi connectivity index (χ0) is 12.2. The highest BCUT2D eigenvalue weighted by molar-refractivity contribution is 5.53. The van der Waals surface area contributed by atoms with Crippen LogP contribution in [0, 0.1) is 13.8 Å². The Bertz CT molecular complexity index is 367. The van der Waals surface area contributed by atoms with Crippen molar-refractivity contribution in [1.82, 2.24) is 5.32 Å². The predicted molar refractivity (Wildman–Crippen MR) is 67.4 cm³/mol. The van der Waals surface area contributed by atoms with Crippen LogP contribution in [0.4, 0.5) is 0 Å². The second kappa shape index (κ2) is 5.15. The highest BCUT2D eigenvalue weighted by Gasteiger charge is 2.44. The molecule has 0 heterocycles. The van der Waals surface area contributed by atoms with Gasteiger partial charge >= 0.3 is 0 Å². The largest absolute Gasteiger partial charge is 0.349 e. The van der Waals surface area contributed by atoms with Crippen LogP contribution in [0.5, 0.6) is 0 Å². The SMILES string of the molecule is CC.Cc1ccc(C2(NC=O)CC2)c(C)c1. The van der Waals surface area contributed by atoms with Gasteiger partial charge in [0, 0.05) is 0 Å². The molecule has 16 heavy (non-hydrogen) atoms. The monoisotopic (exact) mass is 219 g/mol. The molecule has 0 aromatic heterocycles. The van der Waals surface area contributed by atoms with Gasteiger partial charge in [0.1, 0.15) is 0 Å². The minimum absolute atomic E-state index is 0.0421. The topological polar surface area (TPSA) is 29.1 Å². The standard InChI is InChI=1S/C12H15NO.C2H6/c1-9-3-4-11(10(2)7-9)12(5-6-12)13-8-14;1-2/h3-4,7-8H,5-6H2,1-2H3,(H,13,14);1-2H3. The van der Waals surface area contributed by atoms with Gasteiger partial charge in [-0.3, -0.25) is 4.79 Å². The number of carbonyl (C=O) groups excluding carboxylic acids is 1. The lowest BCUT2D eigenvalue weighted by molar-refractivity contribution is -0.110. The van der Waals surface area contributed by atoms with Crippen molar-refractivity contribution >= 4 is 6.41 Å². The minimum Gasteiger partial charge on any atom is -0.349 e. The smallest absolute Gasteiger partial charge is 0.207 e. The van der Waals surface area contributed by atoms with Gasteiger partial charge in [0.25, 0.3) is 0 Å². The summed E-state index contributed by atoms with van der Waals surface area (Å²) < 4.78 is 0. The van der Waals surface area contributed by atoms with Crippen molar-refractivity contribution < 1.29 is 4.79 Å². The van der Waals surface area contributed by atoms with Crippen molar-refractivity contribution in [2.75, 3.05) is 0 Å². The van der Waals surface area contributed by atoms with E-state index in [0.717, 1.165) is 19.3 Å². The van der Waals surface area contributed by atoms with E-state index < -0.39 is 0 Å². The summed E-state index contributed by atoms with van der Waals surface area (Å²) in [5.74, 6) is 0. The number of amides is 1. The molecule has 1 aliphatic carbocycles. The maximum Gasteiger partial charge on any atom is 0.207 e. The van der Waals surface area contributed by atoms with Gasteiger partial charge in [-0.05, 0) is 37.8 Å². The highest BCUT2D eigenvalue weighted by atomic mass is 16.1. The maximum atomic E-state index is 10.5. The molecule has 1 saturated carbocycles. The maximum absolute atomic E-state index is 10.5. The molecule has 2 rings (SSSR count). The zero-order valence-electron chi connectivity index (χ0n) is 10.6. The molecular formula is C14H21NO. The van der Waals surface area contributed by atoms with E-state index in [1.54, 1.807) is 0 Å². The quantitative estimate of drug-likeness (QED) is 0.778. The molecule has 2 nitrogen and oxygen atoms in total. The molecule has 2 heteroatoms. The summed E-state index contributed by atoms with van der Waals surface area (Å²) >= 11 is 0. The first kappa shape index (κ1) is 12.8. The number of nitrogens with one attached hydrogen (secondary N) is 1. The normalized spacial score (nSPS) is 15.8. The van der Waals surface area contributed by atoms with Gasteiger partial charge in [0.2, 0.25) is 6.41 Å². The number of hydrogen-bond acceptors (Lipinski definition) is 1. The molecule has 0 bridgehead atoms. The number of aryl methyl sites for hydroxylation is 2. The van der Waals surface area contributed by atoms with Crippen LogP contribution >= 0.6 is 0 Å². The highest BCUT2D eigenvalue weighted by Crippen LogP contribution is 2.46. The van der Waals surface area contributed by atoms with Gasteiger partial charge in [-0.25, -0.2) is 0 Å². The molecule has 0 aliphatic heterocycles. The lowest BCUT2D eigenvalue weighted by Crippen LogP contribution is -2.28. The summed E-state index contributed by atoms with van der Waals surface area (Å²) in [4.78, 5) is 10.5. The van der Waals surface area contributed by atoms with E-state index >= 15 is 0 Å². The third-order valence-corrected chi connectivity index (χ3v) is 2.98. The van der Waals surface area contributed by atoms with Gasteiger partial charge < -0.3 is 5.32 Å². The molecular weight excluding hydrogens is 198 g/mol. The minimum atomic E-state index is -0.0421. The molecule has 1 aromatic carbocycles. The van der Waals surface area contributed by atoms with Crippen molar-refractivity contribution in [1.29, 1.82) is 0 Å². The number of benzene rings is 1. The second-order valence-corrected chi connectivity index (χ2v) is 4.16. The van der Waals surface area contributed by atoms with Crippen molar-refractivity contribution in [3.05, 3.63) is 34.9 Å². The molecule has 1 amide bonds. The fourth-order valence-corrected chi connectivity index (χ4v) is 2.08. The molecule has 1 fully saturated rings. The van der Waals surface area contributed by atoms with Gasteiger partial charge in [0.05, 0.1) is 5.54 Å². The molecule has 88 valence electrons. The van der Waals surface area contributed by atoms with E-state index in [1.165, 1.54) is 16.7 Å².